The predicted molar refractivity (Wildman–Crippen MR) is 120 cm³/mol. The highest BCUT2D eigenvalue weighted by Gasteiger charge is 2.15. The van der Waals surface area contributed by atoms with Gasteiger partial charge in [0.25, 0.3) is 0 Å². The Kier molecular flexibility index (Phi) is 4.44. The molecule has 5 aromatic rings. The predicted octanol–water partition coefficient (Wildman–Crippen LogP) is 4.89. The van der Waals surface area contributed by atoms with Crippen molar-refractivity contribution in [2.45, 2.75) is 11.8 Å². The minimum Gasteiger partial charge on any atom is -0.464 e. The molecule has 2 aromatic carbocycles. The summed E-state index contributed by atoms with van der Waals surface area (Å²) in [6.07, 6.45) is 9.15. The van der Waals surface area contributed by atoms with Gasteiger partial charge in [0, 0.05) is 41.5 Å². The normalized spacial score (nSPS) is 11.8. The van der Waals surface area contributed by atoms with Crippen molar-refractivity contribution in [3.05, 3.63) is 73.0 Å². The average molecular weight is 430 g/mol. The second-order valence-corrected chi connectivity index (χ2v) is 9.33. The zero-order valence-corrected chi connectivity index (χ0v) is 17.6. The summed E-state index contributed by atoms with van der Waals surface area (Å²) in [4.78, 5) is 13.2. The number of aromatic nitrogens is 3. The average Bonchev–Trinajstić information content (AvgIpc) is 3.13. The summed E-state index contributed by atoms with van der Waals surface area (Å²) in [6, 6.07) is 11.2. The largest absolute Gasteiger partial charge is 0.464 e. The van der Waals surface area contributed by atoms with Gasteiger partial charge in [-0.3, -0.25) is 15.0 Å². The highest BCUT2D eigenvalue weighted by molar-refractivity contribution is 7.90. The van der Waals surface area contributed by atoms with Gasteiger partial charge in [-0.05, 0) is 48.4 Å². The van der Waals surface area contributed by atoms with Gasteiger partial charge in [-0.25, -0.2) is 8.42 Å². The summed E-state index contributed by atoms with van der Waals surface area (Å²) >= 11 is 0. The number of benzene rings is 2. The Bertz CT molecular complexity index is 1560. The Labute approximate surface area is 178 Å². The maximum Gasteiger partial charge on any atom is 0.177 e. The van der Waals surface area contributed by atoms with E-state index in [1.807, 2.05) is 31.2 Å². The third kappa shape index (κ3) is 3.51. The Hall–Kier alpha value is -3.78. The summed E-state index contributed by atoms with van der Waals surface area (Å²) in [5.74, 6) is 0. The topological polar surface area (TPSA) is 98.0 Å². The number of sulfone groups is 1. The second kappa shape index (κ2) is 7.17. The summed E-state index contributed by atoms with van der Waals surface area (Å²) in [6.45, 7) is 2.00. The van der Waals surface area contributed by atoms with Crippen LogP contribution in [0, 0.1) is 6.92 Å². The molecular weight excluding hydrogens is 412 g/mol. The fraction of sp³-hybridized carbons (Fsp3) is 0.0870. The van der Waals surface area contributed by atoms with E-state index in [2.05, 4.69) is 26.3 Å². The smallest absolute Gasteiger partial charge is 0.177 e. The van der Waals surface area contributed by atoms with E-state index in [9.17, 15) is 8.42 Å². The van der Waals surface area contributed by atoms with E-state index in [4.69, 9.17) is 4.42 Å². The van der Waals surface area contributed by atoms with Crippen LogP contribution < -0.4 is 5.32 Å². The number of hydrogen-bond donors (Lipinski definition) is 1. The third-order valence-electron chi connectivity index (χ3n) is 5.11. The monoisotopic (exact) mass is 430 g/mol. The van der Waals surface area contributed by atoms with Crippen molar-refractivity contribution in [1.29, 1.82) is 0 Å². The third-order valence-corrected chi connectivity index (χ3v) is 6.27. The van der Waals surface area contributed by atoms with Gasteiger partial charge in [-0.1, -0.05) is 6.07 Å². The van der Waals surface area contributed by atoms with Crippen molar-refractivity contribution in [3.63, 3.8) is 0 Å². The second-order valence-electron chi connectivity index (χ2n) is 7.35. The molecule has 3 aromatic heterocycles. The lowest BCUT2D eigenvalue weighted by Crippen LogP contribution is -2.03. The summed E-state index contributed by atoms with van der Waals surface area (Å²) in [7, 11) is -3.42. The maximum atomic E-state index is 12.2. The molecular formula is C23H18N4O3S. The van der Waals surface area contributed by atoms with Gasteiger partial charge >= 0.3 is 0 Å². The van der Waals surface area contributed by atoms with Crippen LogP contribution >= 0.6 is 0 Å². The first-order valence-electron chi connectivity index (χ1n) is 9.54. The molecule has 3 heterocycles. The van der Waals surface area contributed by atoms with E-state index in [1.54, 1.807) is 18.7 Å². The Morgan fingerprint density at radius 2 is 1.84 bits per heavy atom. The molecule has 31 heavy (non-hydrogen) atoms. The first-order valence-corrected chi connectivity index (χ1v) is 11.4. The first kappa shape index (κ1) is 19.2. The zero-order chi connectivity index (χ0) is 21.6. The van der Waals surface area contributed by atoms with E-state index in [0.29, 0.717) is 16.9 Å². The fourth-order valence-electron chi connectivity index (χ4n) is 3.65. The van der Waals surface area contributed by atoms with E-state index < -0.39 is 9.84 Å². The first-order chi connectivity index (χ1) is 14.9. The van der Waals surface area contributed by atoms with Crippen molar-refractivity contribution in [2.24, 2.45) is 0 Å². The number of aryl methyl sites for hydroxylation is 1. The number of rotatable bonds is 4. The molecule has 0 amide bonds. The van der Waals surface area contributed by atoms with Crippen LogP contribution in [-0.2, 0) is 9.84 Å². The lowest BCUT2D eigenvalue weighted by Gasteiger charge is -2.13. The van der Waals surface area contributed by atoms with Crippen LogP contribution in [0.15, 0.2) is 76.8 Å². The summed E-state index contributed by atoms with van der Waals surface area (Å²) < 4.78 is 29.9. The number of nitrogens with zero attached hydrogens (tertiary/aromatic N) is 3. The Morgan fingerprint density at radius 1 is 1.00 bits per heavy atom. The van der Waals surface area contributed by atoms with E-state index in [-0.39, 0.29) is 4.90 Å². The zero-order valence-electron chi connectivity index (χ0n) is 16.8. The van der Waals surface area contributed by atoms with E-state index >= 15 is 0 Å². The molecule has 0 atom stereocenters. The Balaban J connectivity index is 1.69. The van der Waals surface area contributed by atoms with Gasteiger partial charge in [0.05, 0.1) is 34.1 Å². The molecule has 0 aliphatic rings. The van der Waals surface area contributed by atoms with Crippen LogP contribution in [0.2, 0.25) is 0 Å². The summed E-state index contributed by atoms with van der Waals surface area (Å²) in [5, 5.41) is 4.22. The van der Waals surface area contributed by atoms with Crippen LogP contribution in [0.4, 0.5) is 11.4 Å². The molecule has 0 bridgehead atoms. The molecule has 0 spiro atoms. The molecule has 7 nitrogen and oxygen atoms in total. The highest BCUT2D eigenvalue weighted by Crippen LogP contribution is 2.34. The van der Waals surface area contributed by atoms with E-state index in [0.717, 1.165) is 33.2 Å². The van der Waals surface area contributed by atoms with Gasteiger partial charge in [0.2, 0.25) is 0 Å². The van der Waals surface area contributed by atoms with Gasteiger partial charge in [-0.15, -0.1) is 0 Å². The number of furan rings is 1. The van der Waals surface area contributed by atoms with Crippen molar-refractivity contribution in [3.8, 4) is 11.1 Å². The highest BCUT2D eigenvalue weighted by atomic mass is 32.2. The minimum absolute atomic E-state index is 0.179. The number of fused-ring (bicyclic) bond motifs is 2. The maximum absolute atomic E-state index is 12.2. The quantitative estimate of drug-likeness (QED) is 0.433. The van der Waals surface area contributed by atoms with Crippen molar-refractivity contribution >= 4 is 43.2 Å². The molecule has 0 saturated carbocycles. The molecule has 0 aliphatic carbocycles. The lowest BCUT2D eigenvalue weighted by molar-refractivity contribution is 0.602. The molecule has 5 rings (SSSR count). The number of anilines is 2. The van der Waals surface area contributed by atoms with Crippen LogP contribution in [-0.4, -0.2) is 29.6 Å². The standard InChI is InChI=1S/C23H18N4O3S/c1-14-13-30-21-4-3-15(9-17(14)21)18-10-16(11-19-23(18)26-8-7-25-19)27-20-12-24-6-5-22(20)31(2,28)29/h3-13,27H,1-2H3. The minimum atomic E-state index is -3.42. The van der Waals surface area contributed by atoms with Gasteiger partial charge < -0.3 is 9.73 Å². The Morgan fingerprint density at radius 3 is 2.68 bits per heavy atom. The number of hydrogen-bond acceptors (Lipinski definition) is 7. The number of nitrogens with one attached hydrogen (secondary N) is 1. The van der Waals surface area contributed by atoms with E-state index in [1.165, 1.54) is 24.7 Å². The fourth-order valence-corrected chi connectivity index (χ4v) is 4.46. The molecule has 0 aliphatic heterocycles. The molecule has 8 heteroatoms. The molecule has 0 unspecified atom stereocenters. The molecule has 0 radical (unpaired) electrons. The SMILES string of the molecule is Cc1coc2ccc(-c3cc(Nc4cnccc4S(C)(=O)=O)cc4nccnc34)cc12. The van der Waals surface area contributed by atoms with Gasteiger partial charge in [0.15, 0.2) is 9.84 Å². The van der Waals surface area contributed by atoms with Crippen molar-refractivity contribution in [2.75, 3.05) is 11.6 Å². The molecule has 0 fully saturated rings. The molecule has 0 saturated heterocycles. The van der Waals surface area contributed by atoms with Crippen LogP contribution in [0.5, 0.6) is 0 Å². The summed E-state index contributed by atoms with van der Waals surface area (Å²) in [5.41, 5.74) is 6.24. The number of pyridine rings is 1. The van der Waals surface area contributed by atoms with Crippen molar-refractivity contribution < 1.29 is 12.8 Å². The van der Waals surface area contributed by atoms with Crippen LogP contribution in [0.3, 0.4) is 0 Å². The van der Waals surface area contributed by atoms with Crippen LogP contribution in [0.1, 0.15) is 5.56 Å². The van der Waals surface area contributed by atoms with Gasteiger partial charge in [0.1, 0.15) is 5.58 Å². The van der Waals surface area contributed by atoms with Crippen molar-refractivity contribution in [1.82, 2.24) is 15.0 Å². The van der Waals surface area contributed by atoms with Gasteiger partial charge in [-0.2, -0.15) is 0 Å². The lowest BCUT2D eigenvalue weighted by atomic mass is 10.0. The van der Waals surface area contributed by atoms with Crippen LogP contribution in [0.25, 0.3) is 33.1 Å². The molecule has 154 valence electrons. The molecule has 1 N–H and O–H groups in total.